The summed E-state index contributed by atoms with van der Waals surface area (Å²) in [5.41, 5.74) is 2.99. The molecule has 1 saturated heterocycles. The molecule has 6 nitrogen and oxygen atoms in total. The number of hydrogen-bond donors (Lipinski definition) is 0. The van der Waals surface area contributed by atoms with Crippen LogP contribution in [0, 0.1) is 6.92 Å². The molecule has 150 valence electrons. The normalized spacial score (nSPS) is 14.9. The largest absolute Gasteiger partial charge is 0.419 e. The molecule has 0 radical (unpaired) electrons. The molecule has 2 aromatic carbocycles. The molecule has 0 spiro atoms. The zero-order chi connectivity index (χ0) is 20.2. The molecule has 0 atom stereocenters. The van der Waals surface area contributed by atoms with E-state index in [2.05, 4.69) is 15.1 Å². The van der Waals surface area contributed by atoms with Gasteiger partial charge in [0.25, 0.3) is 0 Å². The average Bonchev–Trinajstić information content (AvgIpc) is 3.19. The maximum absolute atomic E-state index is 12.6. The quantitative estimate of drug-likeness (QED) is 0.643. The SMILES string of the molecule is Cc1ccccc1CC(=O)N1CCN(Cc2nnc(-c3ccccc3Cl)o2)CC1. The summed E-state index contributed by atoms with van der Waals surface area (Å²) < 4.78 is 5.79. The van der Waals surface area contributed by atoms with E-state index >= 15 is 0 Å². The number of hydrogen-bond acceptors (Lipinski definition) is 5. The van der Waals surface area contributed by atoms with E-state index in [0.717, 1.165) is 29.8 Å². The van der Waals surface area contributed by atoms with Gasteiger partial charge in [0.05, 0.1) is 23.6 Å². The lowest BCUT2D eigenvalue weighted by Gasteiger charge is -2.34. The highest BCUT2D eigenvalue weighted by Crippen LogP contribution is 2.26. The Balaban J connectivity index is 1.31. The van der Waals surface area contributed by atoms with Crippen LogP contribution < -0.4 is 0 Å². The summed E-state index contributed by atoms with van der Waals surface area (Å²) in [5, 5.41) is 8.86. The molecular weight excluding hydrogens is 388 g/mol. The van der Waals surface area contributed by atoms with Crippen LogP contribution in [0.4, 0.5) is 0 Å². The Kier molecular flexibility index (Phi) is 5.92. The first kappa shape index (κ1) is 19.6. The Morgan fingerprint density at radius 3 is 2.52 bits per heavy atom. The Hall–Kier alpha value is -2.70. The third-order valence-corrected chi connectivity index (χ3v) is 5.59. The maximum atomic E-state index is 12.6. The summed E-state index contributed by atoms with van der Waals surface area (Å²) in [6, 6.07) is 15.5. The van der Waals surface area contributed by atoms with Crippen LogP contribution in [0.2, 0.25) is 5.02 Å². The third-order valence-electron chi connectivity index (χ3n) is 5.26. The van der Waals surface area contributed by atoms with Crippen LogP contribution in [-0.2, 0) is 17.8 Å². The Bertz CT molecular complexity index is 996. The van der Waals surface area contributed by atoms with Crippen LogP contribution in [0.15, 0.2) is 52.9 Å². The lowest BCUT2D eigenvalue weighted by Crippen LogP contribution is -2.48. The monoisotopic (exact) mass is 410 g/mol. The number of carbonyl (C=O) groups excluding carboxylic acids is 1. The zero-order valence-electron chi connectivity index (χ0n) is 16.3. The fourth-order valence-electron chi connectivity index (χ4n) is 3.49. The lowest BCUT2D eigenvalue weighted by molar-refractivity contribution is -0.132. The van der Waals surface area contributed by atoms with Crippen molar-refractivity contribution >= 4 is 17.5 Å². The molecule has 7 heteroatoms. The molecular formula is C22H23ClN4O2. The molecule has 2 heterocycles. The number of carbonyl (C=O) groups is 1. The van der Waals surface area contributed by atoms with Crippen LogP contribution in [0.5, 0.6) is 0 Å². The zero-order valence-corrected chi connectivity index (χ0v) is 17.1. The second-order valence-corrected chi connectivity index (χ2v) is 7.65. The van der Waals surface area contributed by atoms with Gasteiger partial charge in [-0.1, -0.05) is 48.0 Å². The maximum Gasteiger partial charge on any atom is 0.249 e. The van der Waals surface area contributed by atoms with Gasteiger partial charge in [0.1, 0.15) is 0 Å². The smallest absolute Gasteiger partial charge is 0.249 e. The minimum absolute atomic E-state index is 0.178. The molecule has 3 aromatic rings. The van der Waals surface area contributed by atoms with Crippen molar-refractivity contribution in [1.29, 1.82) is 0 Å². The standard InChI is InChI=1S/C22H23ClN4O2/c1-16-6-2-3-7-17(16)14-21(28)27-12-10-26(11-13-27)15-20-24-25-22(29-20)18-8-4-5-9-19(18)23/h2-9H,10-15H2,1H3. The van der Waals surface area contributed by atoms with E-state index in [1.165, 1.54) is 0 Å². The minimum atomic E-state index is 0.178. The van der Waals surface area contributed by atoms with Gasteiger partial charge in [-0.3, -0.25) is 9.69 Å². The van der Waals surface area contributed by atoms with Gasteiger partial charge in [-0.25, -0.2) is 0 Å². The van der Waals surface area contributed by atoms with E-state index in [-0.39, 0.29) is 5.91 Å². The molecule has 1 fully saturated rings. The van der Waals surface area contributed by atoms with E-state index < -0.39 is 0 Å². The van der Waals surface area contributed by atoms with Gasteiger partial charge in [0, 0.05) is 26.2 Å². The average molecular weight is 411 g/mol. The summed E-state index contributed by atoms with van der Waals surface area (Å²) in [6.07, 6.45) is 0.456. The van der Waals surface area contributed by atoms with Crippen LogP contribution in [0.1, 0.15) is 17.0 Å². The van der Waals surface area contributed by atoms with Crippen molar-refractivity contribution in [3.05, 3.63) is 70.6 Å². The van der Waals surface area contributed by atoms with E-state index in [4.69, 9.17) is 16.0 Å². The summed E-state index contributed by atoms with van der Waals surface area (Å²) in [6.45, 7) is 5.58. The molecule has 1 amide bonds. The van der Waals surface area contributed by atoms with Crippen molar-refractivity contribution in [2.75, 3.05) is 26.2 Å². The molecule has 0 bridgehead atoms. The highest BCUT2D eigenvalue weighted by atomic mass is 35.5. The van der Waals surface area contributed by atoms with Crippen molar-refractivity contribution in [3.63, 3.8) is 0 Å². The first-order valence-corrected chi connectivity index (χ1v) is 10.1. The third kappa shape index (κ3) is 4.66. The molecule has 0 unspecified atom stereocenters. The van der Waals surface area contributed by atoms with Crippen LogP contribution in [0.25, 0.3) is 11.5 Å². The minimum Gasteiger partial charge on any atom is -0.419 e. The van der Waals surface area contributed by atoms with Crippen molar-refractivity contribution < 1.29 is 9.21 Å². The molecule has 1 aromatic heterocycles. The van der Waals surface area contributed by atoms with Gasteiger partial charge in [-0.15, -0.1) is 10.2 Å². The highest BCUT2D eigenvalue weighted by Gasteiger charge is 2.23. The van der Waals surface area contributed by atoms with E-state index in [9.17, 15) is 4.79 Å². The topological polar surface area (TPSA) is 62.5 Å². The molecule has 1 aliphatic heterocycles. The number of piperazine rings is 1. The van der Waals surface area contributed by atoms with Crippen molar-refractivity contribution in [1.82, 2.24) is 20.0 Å². The van der Waals surface area contributed by atoms with Gasteiger partial charge in [-0.05, 0) is 30.2 Å². The number of amides is 1. The van der Waals surface area contributed by atoms with Gasteiger partial charge in [-0.2, -0.15) is 0 Å². The summed E-state index contributed by atoms with van der Waals surface area (Å²) >= 11 is 6.20. The van der Waals surface area contributed by atoms with E-state index in [1.54, 1.807) is 6.07 Å². The van der Waals surface area contributed by atoms with Crippen molar-refractivity contribution in [2.45, 2.75) is 19.9 Å². The number of rotatable bonds is 5. The molecule has 1 aliphatic rings. The lowest BCUT2D eigenvalue weighted by atomic mass is 10.1. The Morgan fingerprint density at radius 2 is 1.76 bits per heavy atom. The molecule has 4 rings (SSSR count). The number of nitrogens with zero attached hydrogens (tertiary/aromatic N) is 4. The van der Waals surface area contributed by atoms with Gasteiger partial charge in [0.15, 0.2) is 0 Å². The van der Waals surface area contributed by atoms with Crippen LogP contribution >= 0.6 is 11.6 Å². The number of aryl methyl sites for hydroxylation is 1. The van der Waals surface area contributed by atoms with Crippen molar-refractivity contribution in [2.24, 2.45) is 0 Å². The van der Waals surface area contributed by atoms with Crippen LogP contribution in [-0.4, -0.2) is 52.1 Å². The predicted molar refractivity (Wildman–Crippen MR) is 111 cm³/mol. The Morgan fingerprint density at radius 1 is 1.03 bits per heavy atom. The summed E-state index contributed by atoms with van der Waals surface area (Å²) in [4.78, 5) is 16.8. The van der Waals surface area contributed by atoms with Gasteiger partial charge >= 0.3 is 0 Å². The fraction of sp³-hybridized carbons (Fsp3) is 0.318. The summed E-state index contributed by atoms with van der Waals surface area (Å²) in [7, 11) is 0. The van der Waals surface area contributed by atoms with Gasteiger partial charge < -0.3 is 9.32 Å². The summed E-state index contributed by atoms with van der Waals surface area (Å²) in [5.74, 6) is 1.16. The Labute approximate surface area is 175 Å². The first-order valence-electron chi connectivity index (χ1n) is 9.72. The number of aromatic nitrogens is 2. The van der Waals surface area contributed by atoms with Crippen LogP contribution in [0.3, 0.4) is 0 Å². The second-order valence-electron chi connectivity index (χ2n) is 7.24. The predicted octanol–water partition coefficient (Wildman–Crippen LogP) is 3.59. The van der Waals surface area contributed by atoms with Gasteiger partial charge in [0.2, 0.25) is 17.7 Å². The molecule has 0 saturated carbocycles. The first-order chi connectivity index (χ1) is 14.1. The number of halogens is 1. The second kappa shape index (κ2) is 8.76. The highest BCUT2D eigenvalue weighted by molar-refractivity contribution is 6.33. The fourth-order valence-corrected chi connectivity index (χ4v) is 3.71. The van der Waals surface area contributed by atoms with Crippen molar-refractivity contribution in [3.8, 4) is 11.5 Å². The van der Waals surface area contributed by atoms with E-state index in [0.29, 0.717) is 42.9 Å². The molecule has 29 heavy (non-hydrogen) atoms. The molecule has 0 aliphatic carbocycles. The molecule has 0 N–H and O–H groups in total. The van der Waals surface area contributed by atoms with E-state index in [1.807, 2.05) is 54.3 Å². The number of benzene rings is 2.